The van der Waals surface area contributed by atoms with Gasteiger partial charge in [0.2, 0.25) is 0 Å². The van der Waals surface area contributed by atoms with Crippen LogP contribution in [0.5, 0.6) is 5.75 Å². The van der Waals surface area contributed by atoms with E-state index in [-0.39, 0.29) is 10.8 Å². The molecule has 1 atom stereocenters. The van der Waals surface area contributed by atoms with Gasteiger partial charge in [0.05, 0.1) is 6.61 Å². The summed E-state index contributed by atoms with van der Waals surface area (Å²) in [4.78, 5) is 0. The Labute approximate surface area is 146 Å². The van der Waals surface area contributed by atoms with Crippen LogP contribution in [-0.4, -0.2) is 24.9 Å². The molecule has 1 aromatic carbocycles. The number of fused-ring (bicyclic) bond motifs is 1. The zero-order chi connectivity index (χ0) is 18.0. The summed E-state index contributed by atoms with van der Waals surface area (Å²) >= 11 is 0. The lowest BCUT2D eigenvalue weighted by Gasteiger charge is -2.43. The Balaban J connectivity index is 2.52. The number of hydrogen-bond donors (Lipinski definition) is 1. The van der Waals surface area contributed by atoms with Gasteiger partial charge in [-0.2, -0.15) is 0 Å². The van der Waals surface area contributed by atoms with E-state index in [1.807, 2.05) is 13.0 Å². The summed E-state index contributed by atoms with van der Waals surface area (Å²) in [5, 5.41) is 10.1. The predicted molar refractivity (Wildman–Crippen MR) is 97.5 cm³/mol. The monoisotopic (exact) mass is 330 g/mol. The molecule has 0 spiro atoms. The summed E-state index contributed by atoms with van der Waals surface area (Å²) in [5.41, 5.74) is 3.27. The van der Waals surface area contributed by atoms with Crippen LogP contribution in [0.4, 0.5) is 0 Å². The Morgan fingerprint density at radius 3 is 2.46 bits per heavy atom. The van der Waals surface area contributed by atoms with Crippen molar-refractivity contribution in [3.63, 3.8) is 0 Å². The van der Waals surface area contributed by atoms with Crippen molar-refractivity contribution < 1.29 is 14.6 Å². The van der Waals surface area contributed by atoms with Gasteiger partial charge in [-0.3, -0.25) is 0 Å². The Kier molecular flexibility index (Phi) is 5.63. The van der Waals surface area contributed by atoms with Crippen LogP contribution in [0.2, 0.25) is 0 Å². The molecule has 3 nitrogen and oxygen atoms in total. The number of aliphatic hydroxyl groups is 1. The van der Waals surface area contributed by atoms with Gasteiger partial charge >= 0.3 is 0 Å². The third-order valence-electron chi connectivity index (χ3n) is 5.07. The minimum Gasteiger partial charge on any atom is -0.491 e. The zero-order valence-electron chi connectivity index (χ0n) is 15.6. The highest BCUT2D eigenvalue weighted by Crippen LogP contribution is 2.50. The van der Waals surface area contributed by atoms with E-state index in [4.69, 9.17) is 15.9 Å². The summed E-state index contributed by atoms with van der Waals surface area (Å²) < 4.78 is 11.5. The molecule has 0 aromatic heterocycles. The second kappa shape index (κ2) is 7.17. The lowest BCUT2D eigenvalue weighted by Crippen LogP contribution is -2.34. The zero-order valence-corrected chi connectivity index (χ0v) is 15.6. The molecule has 0 amide bonds. The Morgan fingerprint density at radius 1 is 1.17 bits per heavy atom. The van der Waals surface area contributed by atoms with Crippen molar-refractivity contribution in [2.75, 3.05) is 19.8 Å². The Hall–Kier alpha value is -1.50. The molecule has 0 radical (unpaired) electrons. The fourth-order valence-corrected chi connectivity index (χ4v) is 3.48. The Bertz CT molecular complexity index is 623. The summed E-state index contributed by atoms with van der Waals surface area (Å²) in [6, 6.07) is 3.97. The molecule has 2 rings (SSSR count). The predicted octanol–water partition coefficient (Wildman–Crippen LogP) is 4.12. The maximum atomic E-state index is 10.1. The van der Waals surface area contributed by atoms with Gasteiger partial charge in [0.1, 0.15) is 18.5 Å². The molecule has 0 fully saturated rings. The van der Waals surface area contributed by atoms with Crippen molar-refractivity contribution in [3.05, 3.63) is 28.8 Å². The van der Waals surface area contributed by atoms with Crippen molar-refractivity contribution in [2.45, 2.75) is 64.4 Å². The van der Waals surface area contributed by atoms with Crippen molar-refractivity contribution in [1.82, 2.24) is 0 Å². The molecular weight excluding hydrogens is 300 g/mol. The normalized spacial score (nSPS) is 19.2. The second-order valence-electron chi connectivity index (χ2n) is 7.82. The van der Waals surface area contributed by atoms with Crippen molar-refractivity contribution in [3.8, 4) is 18.1 Å². The van der Waals surface area contributed by atoms with E-state index in [0.29, 0.717) is 19.8 Å². The molecule has 0 saturated carbocycles. The number of rotatable bonds is 6. The quantitative estimate of drug-likeness (QED) is 0.630. The SMILES string of the molecule is C#CC(O)c1cc(OCCOCC)c2c(c1)C(C)(C)CCC2(C)C. The van der Waals surface area contributed by atoms with Crippen LogP contribution in [-0.2, 0) is 15.6 Å². The average molecular weight is 330 g/mol. The fraction of sp³-hybridized carbons (Fsp3) is 0.619. The standard InChI is InChI=1S/C21H30O3/c1-7-17(22)15-13-16-19(18(14-15)24-12-11-23-8-2)21(5,6)10-9-20(16,3)4/h1,13-14,17,22H,8-12H2,2-6H3. The molecule has 0 aliphatic heterocycles. The highest BCUT2D eigenvalue weighted by Gasteiger charge is 2.40. The van der Waals surface area contributed by atoms with Crippen LogP contribution in [0.25, 0.3) is 0 Å². The first-order valence-corrected chi connectivity index (χ1v) is 8.76. The van der Waals surface area contributed by atoms with E-state index in [0.717, 1.165) is 24.2 Å². The van der Waals surface area contributed by atoms with E-state index in [1.165, 1.54) is 11.1 Å². The van der Waals surface area contributed by atoms with Gasteiger partial charge in [-0.15, -0.1) is 6.42 Å². The van der Waals surface area contributed by atoms with E-state index in [2.05, 4.69) is 39.7 Å². The molecule has 132 valence electrons. The van der Waals surface area contributed by atoms with E-state index >= 15 is 0 Å². The minimum absolute atomic E-state index is 0.0332. The van der Waals surface area contributed by atoms with E-state index < -0.39 is 6.10 Å². The summed E-state index contributed by atoms with van der Waals surface area (Å²) in [5.74, 6) is 3.24. The van der Waals surface area contributed by atoms with Gasteiger partial charge in [0.25, 0.3) is 0 Å². The molecule has 1 N–H and O–H groups in total. The van der Waals surface area contributed by atoms with Crippen LogP contribution in [0.1, 0.15) is 70.3 Å². The van der Waals surface area contributed by atoms with Crippen LogP contribution in [0.15, 0.2) is 12.1 Å². The lowest BCUT2D eigenvalue weighted by atomic mass is 9.62. The maximum absolute atomic E-state index is 10.1. The third kappa shape index (κ3) is 3.77. The van der Waals surface area contributed by atoms with Gasteiger partial charge in [-0.1, -0.05) is 39.7 Å². The smallest absolute Gasteiger partial charge is 0.140 e. The number of terminal acetylenes is 1. The van der Waals surface area contributed by atoms with Crippen LogP contribution in [0, 0.1) is 12.3 Å². The molecule has 1 unspecified atom stereocenters. The second-order valence-corrected chi connectivity index (χ2v) is 7.82. The van der Waals surface area contributed by atoms with E-state index in [9.17, 15) is 5.11 Å². The molecular formula is C21H30O3. The summed E-state index contributed by atoms with van der Waals surface area (Å²) in [6.45, 7) is 12.7. The number of aliphatic hydroxyl groups excluding tert-OH is 1. The fourth-order valence-electron chi connectivity index (χ4n) is 3.48. The number of benzene rings is 1. The number of hydrogen-bond acceptors (Lipinski definition) is 3. The average Bonchev–Trinajstić information content (AvgIpc) is 2.54. The maximum Gasteiger partial charge on any atom is 0.140 e. The first-order chi connectivity index (χ1) is 11.2. The van der Waals surface area contributed by atoms with E-state index in [1.54, 1.807) is 0 Å². The van der Waals surface area contributed by atoms with Gasteiger partial charge in [0.15, 0.2) is 0 Å². The molecule has 0 saturated heterocycles. The molecule has 1 aromatic rings. The van der Waals surface area contributed by atoms with Gasteiger partial charge in [-0.25, -0.2) is 0 Å². The molecule has 1 aliphatic rings. The van der Waals surface area contributed by atoms with Crippen LogP contribution >= 0.6 is 0 Å². The summed E-state index contributed by atoms with van der Waals surface area (Å²) in [7, 11) is 0. The lowest BCUT2D eigenvalue weighted by molar-refractivity contribution is 0.108. The topological polar surface area (TPSA) is 38.7 Å². The van der Waals surface area contributed by atoms with Crippen molar-refractivity contribution in [1.29, 1.82) is 0 Å². The third-order valence-corrected chi connectivity index (χ3v) is 5.07. The van der Waals surface area contributed by atoms with Crippen LogP contribution in [0.3, 0.4) is 0 Å². The molecule has 1 aliphatic carbocycles. The first-order valence-electron chi connectivity index (χ1n) is 8.76. The largest absolute Gasteiger partial charge is 0.491 e. The molecule has 3 heteroatoms. The van der Waals surface area contributed by atoms with Crippen molar-refractivity contribution >= 4 is 0 Å². The van der Waals surface area contributed by atoms with Crippen molar-refractivity contribution in [2.24, 2.45) is 0 Å². The Morgan fingerprint density at radius 2 is 1.83 bits per heavy atom. The minimum atomic E-state index is -0.912. The highest BCUT2D eigenvalue weighted by molar-refractivity contribution is 5.53. The molecule has 24 heavy (non-hydrogen) atoms. The van der Waals surface area contributed by atoms with Gasteiger partial charge in [0, 0.05) is 12.2 Å². The van der Waals surface area contributed by atoms with Gasteiger partial charge in [-0.05, 0) is 47.8 Å². The first kappa shape index (κ1) is 18.8. The summed E-state index contributed by atoms with van der Waals surface area (Å²) in [6.07, 6.45) is 6.72. The number of ether oxygens (including phenoxy) is 2. The van der Waals surface area contributed by atoms with Crippen LogP contribution < -0.4 is 4.74 Å². The highest BCUT2D eigenvalue weighted by atomic mass is 16.5. The van der Waals surface area contributed by atoms with Gasteiger partial charge < -0.3 is 14.6 Å². The molecule has 0 heterocycles. The molecule has 0 bridgehead atoms.